The van der Waals surface area contributed by atoms with Gasteiger partial charge in [0.25, 0.3) is 0 Å². The van der Waals surface area contributed by atoms with Crippen LogP contribution in [0.2, 0.25) is 0 Å². The molecule has 2 N–H and O–H groups in total. The van der Waals surface area contributed by atoms with Crippen LogP contribution in [-0.2, 0) is 9.59 Å². The molecule has 0 aromatic carbocycles. The first-order valence-electron chi connectivity index (χ1n) is 5.96. The number of nitrogens with one attached hydrogen (secondary N) is 1. The third-order valence-electron chi connectivity index (χ3n) is 2.77. The minimum atomic E-state index is -0.877. The summed E-state index contributed by atoms with van der Waals surface area (Å²) in [5, 5.41) is 11.6. The molecule has 0 spiro atoms. The topological polar surface area (TPSA) is 66.4 Å². The normalized spacial score (nSPS) is 14.2. The summed E-state index contributed by atoms with van der Waals surface area (Å²) in [5.41, 5.74) is -0.616. The third kappa shape index (κ3) is 6.43. The van der Waals surface area contributed by atoms with E-state index in [-0.39, 0.29) is 12.3 Å². The lowest BCUT2D eigenvalue weighted by Gasteiger charge is -2.27. The van der Waals surface area contributed by atoms with Crippen LogP contribution < -0.4 is 5.32 Å². The Morgan fingerprint density at radius 3 is 2.31 bits per heavy atom. The van der Waals surface area contributed by atoms with Crippen molar-refractivity contribution >= 4 is 11.9 Å². The molecule has 1 atom stereocenters. The summed E-state index contributed by atoms with van der Waals surface area (Å²) < 4.78 is 0. The van der Waals surface area contributed by atoms with Crippen molar-refractivity contribution in [3.05, 3.63) is 0 Å². The molecule has 1 unspecified atom stereocenters. The summed E-state index contributed by atoms with van der Waals surface area (Å²) in [6.45, 7) is 5.74. The van der Waals surface area contributed by atoms with E-state index in [4.69, 9.17) is 5.11 Å². The molecule has 0 aliphatic carbocycles. The molecule has 0 bridgehead atoms. The monoisotopic (exact) mass is 229 g/mol. The number of carboxylic acids is 1. The van der Waals surface area contributed by atoms with Crippen molar-refractivity contribution in [1.82, 2.24) is 5.32 Å². The molecule has 0 aliphatic rings. The summed E-state index contributed by atoms with van der Waals surface area (Å²) in [7, 11) is 0. The van der Waals surface area contributed by atoms with Gasteiger partial charge < -0.3 is 10.4 Å². The van der Waals surface area contributed by atoms with Crippen LogP contribution in [-0.4, -0.2) is 22.5 Å². The highest BCUT2D eigenvalue weighted by Gasteiger charge is 2.26. The average Bonchev–Trinajstić information content (AvgIpc) is 2.16. The number of rotatable bonds is 8. The van der Waals surface area contributed by atoms with E-state index in [1.165, 1.54) is 0 Å². The van der Waals surface area contributed by atoms with E-state index in [0.717, 1.165) is 19.3 Å². The van der Waals surface area contributed by atoms with Gasteiger partial charge in [-0.2, -0.15) is 0 Å². The van der Waals surface area contributed by atoms with E-state index in [1.54, 1.807) is 6.92 Å². The number of carbonyl (C=O) groups is 2. The van der Waals surface area contributed by atoms with E-state index in [2.05, 4.69) is 12.2 Å². The highest BCUT2D eigenvalue weighted by Crippen LogP contribution is 2.15. The zero-order chi connectivity index (χ0) is 12.6. The van der Waals surface area contributed by atoms with Gasteiger partial charge in [0.2, 0.25) is 5.91 Å². The van der Waals surface area contributed by atoms with Gasteiger partial charge in [-0.15, -0.1) is 0 Å². The number of aliphatic carboxylic acids is 1. The Kier molecular flexibility index (Phi) is 6.77. The van der Waals surface area contributed by atoms with Gasteiger partial charge in [0.1, 0.15) is 0 Å². The molecule has 1 amide bonds. The second-order valence-corrected chi connectivity index (χ2v) is 4.49. The van der Waals surface area contributed by atoms with Crippen LogP contribution >= 0.6 is 0 Å². The lowest BCUT2D eigenvalue weighted by molar-refractivity contribution is -0.139. The lowest BCUT2D eigenvalue weighted by Crippen LogP contribution is -2.46. The Bertz CT molecular complexity index is 240. The van der Waals surface area contributed by atoms with Crippen LogP contribution in [0, 0.1) is 0 Å². The number of hydrogen-bond donors (Lipinski definition) is 2. The molecule has 0 radical (unpaired) electrons. The maximum Gasteiger partial charge on any atom is 0.305 e. The fourth-order valence-corrected chi connectivity index (χ4v) is 1.53. The molecule has 16 heavy (non-hydrogen) atoms. The summed E-state index contributed by atoms with van der Waals surface area (Å²) in [5.74, 6) is -0.919. The smallest absolute Gasteiger partial charge is 0.305 e. The predicted molar refractivity (Wildman–Crippen MR) is 63.2 cm³/mol. The van der Waals surface area contributed by atoms with Crippen molar-refractivity contribution in [2.45, 2.75) is 64.8 Å². The van der Waals surface area contributed by atoms with Gasteiger partial charge in [0.05, 0.1) is 6.42 Å². The maximum absolute atomic E-state index is 11.6. The number of hydrogen-bond acceptors (Lipinski definition) is 2. The Balaban J connectivity index is 4.09. The summed E-state index contributed by atoms with van der Waals surface area (Å²) >= 11 is 0. The molecule has 0 heterocycles. The maximum atomic E-state index is 11.6. The molecule has 4 nitrogen and oxygen atoms in total. The van der Waals surface area contributed by atoms with Gasteiger partial charge >= 0.3 is 5.97 Å². The van der Waals surface area contributed by atoms with Crippen molar-refractivity contribution < 1.29 is 14.7 Å². The van der Waals surface area contributed by atoms with Crippen LogP contribution in [0.15, 0.2) is 0 Å². The second kappa shape index (κ2) is 7.25. The largest absolute Gasteiger partial charge is 0.481 e. The number of carbonyl (C=O) groups excluding carboxylic acids is 1. The summed E-state index contributed by atoms with van der Waals surface area (Å²) in [4.78, 5) is 22.2. The van der Waals surface area contributed by atoms with Gasteiger partial charge in [0, 0.05) is 12.0 Å². The molecule has 0 saturated heterocycles. The highest BCUT2D eigenvalue weighted by atomic mass is 16.4. The van der Waals surface area contributed by atoms with Crippen LogP contribution in [0.3, 0.4) is 0 Å². The van der Waals surface area contributed by atoms with Crippen molar-refractivity contribution in [2.75, 3.05) is 0 Å². The fourth-order valence-electron chi connectivity index (χ4n) is 1.53. The third-order valence-corrected chi connectivity index (χ3v) is 2.77. The molecule has 0 rings (SSSR count). The van der Waals surface area contributed by atoms with Crippen LogP contribution in [0.5, 0.6) is 0 Å². The number of carboxylic acid groups (broad SMARTS) is 1. The van der Waals surface area contributed by atoms with E-state index >= 15 is 0 Å². The zero-order valence-corrected chi connectivity index (χ0v) is 10.5. The first-order valence-corrected chi connectivity index (χ1v) is 5.96. The molecular formula is C12H23NO3. The Morgan fingerprint density at radius 1 is 1.25 bits per heavy atom. The summed E-state index contributed by atoms with van der Waals surface area (Å²) in [6, 6.07) is 0. The number of amides is 1. The highest BCUT2D eigenvalue weighted by molar-refractivity contribution is 5.78. The Hall–Kier alpha value is -1.06. The standard InChI is InChI=1S/C12H23NO3/c1-4-6-7-8-10(14)13-12(3,5-2)9-11(15)16/h4-9H2,1-3H3,(H,13,14)(H,15,16). The van der Waals surface area contributed by atoms with Crippen LogP contribution in [0.25, 0.3) is 0 Å². The molecule has 0 aromatic rings. The molecule has 94 valence electrons. The van der Waals surface area contributed by atoms with Crippen molar-refractivity contribution in [1.29, 1.82) is 0 Å². The van der Waals surface area contributed by atoms with Gasteiger partial charge in [-0.05, 0) is 19.8 Å². The molecule has 0 saturated carbocycles. The van der Waals surface area contributed by atoms with Gasteiger partial charge in [0.15, 0.2) is 0 Å². The predicted octanol–water partition coefficient (Wildman–Crippen LogP) is 2.33. The van der Waals surface area contributed by atoms with Crippen molar-refractivity contribution in [2.24, 2.45) is 0 Å². The summed E-state index contributed by atoms with van der Waals surface area (Å²) in [6.07, 6.45) is 4.07. The Labute approximate surface area is 97.4 Å². The van der Waals surface area contributed by atoms with Gasteiger partial charge in [-0.1, -0.05) is 26.7 Å². The minimum Gasteiger partial charge on any atom is -0.481 e. The molecular weight excluding hydrogens is 206 g/mol. The SMILES string of the molecule is CCCCCC(=O)NC(C)(CC)CC(=O)O. The first kappa shape index (κ1) is 14.9. The zero-order valence-electron chi connectivity index (χ0n) is 10.5. The average molecular weight is 229 g/mol. The van der Waals surface area contributed by atoms with Gasteiger partial charge in [-0.3, -0.25) is 9.59 Å². The molecule has 4 heteroatoms. The minimum absolute atomic E-state index is 0.0248. The van der Waals surface area contributed by atoms with E-state index in [9.17, 15) is 9.59 Å². The number of unbranched alkanes of at least 4 members (excludes halogenated alkanes) is 2. The molecule has 0 aromatic heterocycles. The van der Waals surface area contributed by atoms with E-state index in [0.29, 0.717) is 12.8 Å². The fraction of sp³-hybridized carbons (Fsp3) is 0.833. The van der Waals surface area contributed by atoms with E-state index < -0.39 is 11.5 Å². The van der Waals surface area contributed by atoms with E-state index in [1.807, 2.05) is 6.92 Å². The first-order chi connectivity index (χ1) is 7.43. The Morgan fingerprint density at radius 2 is 1.88 bits per heavy atom. The van der Waals surface area contributed by atoms with Crippen LogP contribution in [0.1, 0.15) is 59.3 Å². The van der Waals surface area contributed by atoms with Crippen molar-refractivity contribution in [3.63, 3.8) is 0 Å². The molecule has 0 fully saturated rings. The lowest BCUT2D eigenvalue weighted by atomic mass is 9.94. The second-order valence-electron chi connectivity index (χ2n) is 4.49. The van der Waals surface area contributed by atoms with Crippen molar-refractivity contribution in [3.8, 4) is 0 Å². The van der Waals surface area contributed by atoms with Crippen LogP contribution in [0.4, 0.5) is 0 Å². The molecule has 0 aliphatic heterocycles. The van der Waals surface area contributed by atoms with Gasteiger partial charge in [-0.25, -0.2) is 0 Å². The quantitative estimate of drug-likeness (QED) is 0.628.